The molecular weight excluding hydrogens is 552 g/mol. The lowest BCUT2D eigenvalue weighted by atomic mass is 9.73. The summed E-state index contributed by atoms with van der Waals surface area (Å²) in [6, 6.07) is 10.1. The zero-order valence-electron chi connectivity index (χ0n) is 24.3. The van der Waals surface area contributed by atoms with Crippen molar-refractivity contribution in [2.75, 3.05) is 12.8 Å². The average molecular weight is 594 g/mol. The van der Waals surface area contributed by atoms with E-state index in [-0.39, 0.29) is 30.3 Å². The Morgan fingerprint density at radius 2 is 1.68 bits per heavy atom. The number of nitrogens with one attached hydrogen (secondary N) is 3. The summed E-state index contributed by atoms with van der Waals surface area (Å²) in [5.41, 5.74) is 1.69. The standard InChI is InChI=1S/C30H41F2N3O5S/c1-19(36)34-26(15-20-13-23(31)17-24(32)14-20)27(37)18-33-30(22-8-6-7-21(16-22)29(2,3)4)11-9-25(10-12-30)35-28(38)41(5,39)40/h6-8,13-14,16-17,25-27,33,37H,9-12,15,18H2,1-5H3,(H,34,36)(H,35,38). The van der Waals surface area contributed by atoms with Crippen LogP contribution in [0, 0.1) is 11.6 Å². The van der Waals surface area contributed by atoms with Crippen LogP contribution in [0.1, 0.15) is 70.1 Å². The first-order chi connectivity index (χ1) is 19.0. The summed E-state index contributed by atoms with van der Waals surface area (Å²) >= 11 is 0. The summed E-state index contributed by atoms with van der Waals surface area (Å²) in [5, 5.41) is 19.0. The minimum atomic E-state index is -3.86. The zero-order valence-corrected chi connectivity index (χ0v) is 25.1. The number of hydrogen-bond donors (Lipinski definition) is 4. The van der Waals surface area contributed by atoms with Crippen molar-refractivity contribution in [2.24, 2.45) is 0 Å². The highest BCUT2D eigenvalue weighted by Crippen LogP contribution is 2.39. The van der Waals surface area contributed by atoms with Gasteiger partial charge >= 0.3 is 5.24 Å². The number of aliphatic hydroxyl groups excluding tert-OH is 1. The fourth-order valence-electron chi connectivity index (χ4n) is 5.35. The van der Waals surface area contributed by atoms with Crippen molar-refractivity contribution < 1.29 is 31.9 Å². The van der Waals surface area contributed by atoms with Crippen LogP contribution < -0.4 is 16.0 Å². The molecule has 1 fully saturated rings. The van der Waals surface area contributed by atoms with Gasteiger partial charge in [0.15, 0.2) is 0 Å². The van der Waals surface area contributed by atoms with Crippen molar-refractivity contribution in [1.82, 2.24) is 16.0 Å². The monoisotopic (exact) mass is 593 g/mol. The summed E-state index contributed by atoms with van der Waals surface area (Å²) in [6.07, 6.45) is 1.88. The first-order valence-corrected chi connectivity index (χ1v) is 15.6. The summed E-state index contributed by atoms with van der Waals surface area (Å²) in [7, 11) is -3.86. The van der Waals surface area contributed by atoms with Crippen molar-refractivity contribution in [1.29, 1.82) is 0 Å². The molecule has 0 bridgehead atoms. The normalized spacial score (nSPS) is 21.1. The quantitative estimate of drug-likeness (QED) is 0.350. The molecule has 4 N–H and O–H groups in total. The second kappa shape index (κ2) is 13.0. The van der Waals surface area contributed by atoms with E-state index in [9.17, 15) is 31.9 Å². The Labute approximate surface area is 241 Å². The number of halogens is 2. The second-order valence-electron chi connectivity index (χ2n) is 12.1. The minimum Gasteiger partial charge on any atom is -0.390 e. The molecule has 0 aromatic heterocycles. The van der Waals surface area contributed by atoms with Crippen LogP contribution in [-0.2, 0) is 32.0 Å². The summed E-state index contributed by atoms with van der Waals surface area (Å²) in [5.74, 6) is -1.88. The second-order valence-corrected chi connectivity index (χ2v) is 14.0. The van der Waals surface area contributed by atoms with Crippen LogP contribution in [0.25, 0.3) is 0 Å². The Morgan fingerprint density at radius 1 is 1.07 bits per heavy atom. The maximum atomic E-state index is 13.8. The lowest BCUT2D eigenvalue weighted by molar-refractivity contribution is -0.120. The van der Waals surface area contributed by atoms with Crippen LogP contribution in [0.5, 0.6) is 0 Å². The largest absolute Gasteiger partial charge is 0.390 e. The Balaban J connectivity index is 1.85. The topological polar surface area (TPSA) is 125 Å². The molecule has 2 amide bonds. The van der Waals surface area contributed by atoms with Crippen LogP contribution >= 0.6 is 0 Å². The summed E-state index contributed by atoms with van der Waals surface area (Å²) in [6.45, 7) is 7.70. The number of rotatable bonds is 9. The van der Waals surface area contributed by atoms with E-state index in [4.69, 9.17) is 0 Å². The predicted octanol–water partition coefficient (Wildman–Crippen LogP) is 3.85. The van der Waals surface area contributed by atoms with E-state index in [1.54, 1.807) is 0 Å². The highest BCUT2D eigenvalue weighted by atomic mass is 32.2. The molecule has 8 nitrogen and oxygen atoms in total. The SMILES string of the molecule is CC(=O)NC(Cc1cc(F)cc(F)c1)C(O)CNC1(c2cccc(C(C)(C)C)c2)CCC(NC(=O)S(C)(=O)=O)CC1. The number of carbonyl (C=O) groups excluding carboxylic acids is 2. The van der Waals surface area contributed by atoms with Gasteiger partial charge < -0.3 is 21.1 Å². The van der Waals surface area contributed by atoms with Gasteiger partial charge in [-0.25, -0.2) is 17.2 Å². The zero-order chi connectivity index (χ0) is 30.6. The van der Waals surface area contributed by atoms with Gasteiger partial charge in [-0.05, 0) is 66.3 Å². The number of sulfone groups is 1. The van der Waals surface area contributed by atoms with Gasteiger partial charge in [0, 0.05) is 37.4 Å². The lowest BCUT2D eigenvalue weighted by Crippen LogP contribution is -2.55. The number of amides is 2. The van der Waals surface area contributed by atoms with Crippen molar-refractivity contribution in [2.45, 2.75) is 88.9 Å². The molecule has 0 spiro atoms. The minimum absolute atomic E-state index is 0.0171. The molecule has 0 aliphatic heterocycles. The fraction of sp³-hybridized carbons (Fsp3) is 0.533. The van der Waals surface area contributed by atoms with E-state index in [2.05, 4.69) is 48.9 Å². The van der Waals surface area contributed by atoms with Gasteiger partial charge in [-0.2, -0.15) is 0 Å². The Morgan fingerprint density at radius 3 is 2.22 bits per heavy atom. The van der Waals surface area contributed by atoms with Gasteiger partial charge in [-0.3, -0.25) is 9.59 Å². The summed E-state index contributed by atoms with van der Waals surface area (Å²) in [4.78, 5) is 24.0. The highest BCUT2D eigenvalue weighted by molar-refractivity contribution is 8.05. The van der Waals surface area contributed by atoms with E-state index >= 15 is 0 Å². The third-order valence-corrected chi connectivity index (χ3v) is 8.45. The van der Waals surface area contributed by atoms with Gasteiger partial charge in [-0.15, -0.1) is 0 Å². The molecule has 1 saturated carbocycles. The molecule has 2 aromatic carbocycles. The molecule has 1 aliphatic rings. The van der Waals surface area contributed by atoms with Crippen LogP contribution in [-0.4, -0.2) is 55.7 Å². The number of hydrogen-bond acceptors (Lipinski definition) is 6. The van der Waals surface area contributed by atoms with Crippen LogP contribution in [0.4, 0.5) is 13.6 Å². The molecule has 3 rings (SSSR count). The van der Waals surface area contributed by atoms with E-state index in [0.29, 0.717) is 31.2 Å². The molecule has 2 atom stereocenters. The van der Waals surface area contributed by atoms with Crippen LogP contribution in [0.2, 0.25) is 0 Å². The fourth-order valence-corrected chi connectivity index (χ4v) is 5.73. The highest BCUT2D eigenvalue weighted by Gasteiger charge is 2.39. The Kier molecular flexibility index (Phi) is 10.3. The Bertz CT molecular complexity index is 1330. The maximum absolute atomic E-state index is 13.8. The molecule has 2 unspecified atom stereocenters. The van der Waals surface area contributed by atoms with Crippen molar-refractivity contribution in [3.63, 3.8) is 0 Å². The van der Waals surface area contributed by atoms with Gasteiger partial charge in [-0.1, -0.05) is 45.0 Å². The van der Waals surface area contributed by atoms with E-state index < -0.39 is 44.4 Å². The van der Waals surface area contributed by atoms with Crippen LogP contribution in [0.3, 0.4) is 0 Å². The van der Waals surface area contributed by atoms with Gasteiger partial charge in [0.25, 0.3) is 0 Å². The van der Waals surface area contributed by atoms with Crippen molar-refractivity contribution in [3.05, 3.63) is 70.8 Å². The van der Waals surface area contributed by atoms with Gasteiger partial charge in [0.1, 0.15) is 11.6 Å². The van der Waals surface area contributed by atoms with Crippen LogP contribution in [0.15, 0.2) is 42.5 Å². The van der Waals surface area contributed by atoms with E-state index in [1.807, 2.05) is 12.1 Å². The predicted molar refractivity (Wildman–Crippen MR) is 154 cm³/mol. The molecule has 0 heterocycles. The van der Waals surface area contributed by atoms with E-state index in [1.165, 1.54) is 19.1 Å². The smallest absolute Gasteiger partial charge is 0.336 e. The van der Waals surface area contributed by atoms with E-state index in [0.717, 1.165) is 23.4 Å². The first kappa shape index (κ1) is 32.6. The lowest BCUT2D eigenvalue weighted by Gasteiger charge is -2.43. The van der Waals surface area contributed by atoms with Crippen molar-refractivity contribution in [3.8, 4) is 0 Å². The first-order valence-electron chi connectivity index (χ1n) is 13.8. The molecule has 11 heteroatoms. The molecule has 1 aliphatic carbocycles. The molecular formula is C30H41F2N3O5S. The molecule has 226 valence electrons. The summed E-state index contributed by atoms with van der Waals surface area (Å²) < 4.78 is 50.9. The molecule has 0 radical (unpaired) electrons. The molecule has 2 aromatic rings. The molecule has 0 saturated heterocycles. The number of benzene rings is 2. The average Bonchev–Trinajstić information content (AvgIpc) is 2.86. The third kappa shape index (κ3) is 9.05. The van der Waals surface area contributed by atoms with Gasteiger partial charge in [0.2, 0.25) is 15.7 Å². The maximum Gasteiger partial charge on any atom is 0.336 e. The third-order valence-electron chi connectivity index (χ3n) is 7.66. The van der Waals surface area contributed by atoms with Gasteiger partial charge in [0.05, 0.1) is 12.1 Å². The van der Waals surface area contributed by atoms with Crippen molar-refractivity contribution >= 4 is 21.0 Å². The number of aliphatic hydroxyl groups is 1. The molecule has 41 heavy (non-hydrogen) atoms. The Hall–Kier alpha value is -2.89. The number of carbonyl (C=O) groups is 2.